The number of primary amides is 1. The maximum Gasteiger partial charge on any atom is 0.278 e. The van der Waals surface area contributed by atoms with E-state index in [-0.39, 0.29) is 5.56 Å². The van der Waals surface area contributed by atoms with Crippen LogP contribution in [0.25, 0.3) is 0 Å². The molecule has 5 heteroatoms. The van der Waals surface area contributed by atoms with Crippen molar-refractivity contribution in [1.82, 2.24) is 0 Å². The van der Waals surface area contributed by atoms with Gasteiger partial charge in [0.1, 0.15) is 16.4 Å². The zero-order chi connectivity index (χ0) is 17.9. The summed E-state index contributed by atoms with van der Waals surface area (Å²) in [5.41, 5.74) is 7.03. The molecule has 2 nitrogen and oxygen atoms in total. The molecule has 1 amide bonds. The van der Waals surface area contributed by atoms with Gasteiger partial charge in [-0.25, -0.2) is 8.78 Å². The van der Waals surface area contributed by atoms with E-state index in [1.54, 1.807) is 54.6 Å². The third-order valence-electron chi connectivity index (χ3n) is 3.94. The molecule has 0 spiro atoms. The molecule has 0 aliphatic heterocycles. The molecule has 0 bridgehead atoms. The van der Waals surface area contributed by atoms with Gasteiger partial charge in [-0.05, 0) is 41.1 Å². The van der Waals surface area contributed by atoms with Gasteiger partial charge in [0.25, 0.3) is 5.24 Å². The summed E-state index contributed by atoms with van der Waals surface area (Å²) in [6.45, 7) is 0. The zero-order valence-corrected chi connectivity index (χ0v) is 14.0. The summed E-state index contributed by atoms with van der Waals surface area (Å²) in [5.74, 6) is -0.882. The summed E-state index contributed by atoms with van der Waals surface area (Å²) in [6.07, 6.45) is 0. The van der Waals surface area contributed by atoms with E-state index < -0.39 is 21.6 Å². The molecule has 0 heterocycles. The smallest absolute Gasteiger partial charge is 0.278 e. The van der Waals surface area contributed by atoms with Gasteiger partial charge in [0.05, 0.1) is 0 Å². The molecule has 3 aromatic rings. The average Bonchev–Trinajstić information content (AvgIpc) is 2.62. The third-order valence-corrected chi connectivity index (χ3v) is 5.14. The highest BCUT2D eigenvalue weighted by molar-refractivity contribution is 8.14. The van der Waals surface area contributed by atoms with Gasteiger partial charge in [-0.15, -0.1) is 0 Å². The Morgan fingerprint density at radius 1 is 0.800 bits per heavy atom. The molecule has 25 heavy (non-hydrogen) atoms. The van der Waals surface area contributed by atoms with Crippen LogP contribution in [0.3, 0.4) is 0 Å². The van der Waals surface area contributed by atoms with Crippen molar-refractivity contribution in [2.24, 2.45) is 5.73 Å². The molecule has 2 N–H and O–H groups in total. The van der Waals surface area contributed by atoms with Gasteiger partial charge in [-0.2, -0.15) is 0 Å². The average molecular weight is 355 g/mol. The molecule has 1 unspecified atom stereocenters. The fourth-order valence-corrected chi connectivity index (χ4v) is 3.99. The summed E-state index contributed by atoms with van der Waals surface area (Å²) in [7, 11) is 0. The molecule has 126 valence electrons. The van der Waals surface area contributed by atoms with E-state index in [0.717, 1.165) is 11.8 Å². The maximum absolute atomic E-state index is 14.7. The van der Waals surface area contributed by atoms with Crippen LogP contribution in [-0.2, 0) is 4.75 Å². The summed E-state index contributed by atoms with van der Waals surface area (Å²) in [6, 6.07) is 20.9. The highest BCUT2D eigenvalue weighted by Crippen LogP contribution is 2.49. The molecular weight excluding hydrogens is 340 g/mol. The van der Waals surface area contributed by atoms with Crippen molar-refractivity contribution < 1.29 is 13.6 Å². The van der Waals surface area contributed by atoms with Gasteiger partial charge < -0.3 is 5.73 Å². The standard InChI is InChI=1S/C20H15F2NOS/c21-16-12-10-15(11-13-16)20(25-19(23)24,14-6-2-1-3-7-14)17-8-4-5-9-18(17)22/h1-13H,(H2,23,24). The van der Waals surface area contributed by atoms with E-state index in [4.69, 9.17) is 5.73 Å². The van der Waals surface area contributed by atoms with Gasteiger partial charge in [0.2, 0.25) is 0 Å². The molecular formula is C20H15F2NOS. The minimum Gasteiger partial charge on any atom is -0.360 e. The quantitative estimate of drug-likeness (QED) is 0.664. The molecule has 3 rings (SSSR count). The number of nitrogens with two attached hydrogens (primary N) is 1. The highest BCUT2D eigenvalue weighted by Gasteiger charge is 2.41. The number of amides is 1. The minimum absolute atomic E-state index is 0.289. The predicted octanol–water partition coefficient (Wildman–Crippen LogP) is 5.07. The monoisotopic (exact) mass is 355 g/mol. The van der Waals surface area contributed by atoms with Crippen molar-refractivity contribution in [2.75, 3.05) is 0 Å². The number of hydrogen-bond acceptors (Lipinski definition) is 2. The lowest BCUT2D eigenvalue weighted by Crippen LogP contribution is -2.30. The molecule has 0 aliphatic rings. The van der Waals surface area contributed by atoms with Crippen molar-refractivity contribution in [3.63, 3.8) is 0 Å². The molecule has 0 aliphatic carbocycles. The first-order valence-corrected chi connectivity index (χ1v) is 8.40. The lowest BCUT2D eigenvalue weighted by atomic mass is 9.83. The van der Waals surface area contributed by atoms with E-state index >= 15 is 0 Å². The summed E-state index contributed by atoms with van der Waals surface area (Å²) < 4.78 is 27.0. The Labute approximate surface area is 148 Å². The minimum atomic E-state index is -1.22. The van der Waals surface area contributed by atoms with Crippen molar-refractivity contribution >= 4 is 17.0 Å². The number of carbonyl (C=O) groups excluding carboxylic acids is 1. The zero-order valence-electron chi connectivity index (χ0n) is 13.2. The Balaban J connectivity index is 2.37. The third kappa shape index (κ3) is 3.28. The Kier molecular flexibility index (Phi) is 4.86. The topological polar surface area (TPSA) is 43.1 Å². The van der Waals surface area contributed by atoms with Crippen LogP contribution in [0.1, 0.15) is 16.7 Å². The van der Waals surface area contributed by atoms with E-state index in [1.807, 2.05) is 6.07 Å². The fourth-order valence-electron chi connectivity index (χ4n) is 2.91. The second-order valence-electron chi connectivity index (χ2n) is 5.46. The first-order chi connectivity index (χ1) is 12.0. The molecule has 0 radical (unpaired) electrons. The number of halogens is 2. The van der Waals surface area contributed by atoms with Gasteiger partial charge >= 0.3 is 0 Å². The van der Waals surface area contributed by atoms with Gasteiger partial charge in [-0.3, -0.25) is 4.79 Å². The van der Waals surface area contributed by atoms with Crippen LogP contribution in [0.5, 0.6) is 0 Å². The van der Waals surface area contributed by atoms with Crippen molar-refractivity contribution in [2.45, 2.75) is 4.75 Å². The first-order valence-electron chi connectivity index (χ1n) is 7.59. The van der Waals surface area contributed by atoms with Crippen LogP contribution >= 0.6 is 11.8 Å². The van der Waals surface area contributed by atoms with Crippen molar-refractivity contribution in [1.29, 1.82) is 0 Å². The van der Waals surface area contributed by atoms with Gasteiger partial charge in [-0.1, -0.05) is 60.7 Å². The van der Waals surface area contributed by atoms with E-state index in [2.05, 4.69) is 0 Å². The number of carbonyl (C=O) groups is 1. The molecule has 0 fully saturated rings. The predicted molar refractivity (Wildman–Crippen MR) is 96.3 cm³/mol. The van der Waals surface area contributed by atoms with Crippen LogP contribution in [0.15, 0.2) is 78.9 Å². The fraction of sp³-hybridized carbons (Fsp3) is 0.0500. The normalized spacial score (nSPS) is 13.2. The Morgan fingerprint density at radius 3 is 1.96 bits per heavy atom. The highest BCUT2D eigenvalue weighted by atomic mass is 32.2. The van der Waals surface area contributed by atoms with E-state index in [9.17, 15) is 13.6 Å². The SMILES string of the molecule is NC(=O)SC(c1ccccc1)(c1ccc(F)cc1)c1ccccc1F. The Bertz CT molecular complexity index is 884. The van der Waals surface area contributed by atoms with E-state index in [0.29, 0.717) is 11.1 Å². The summed E-state index contributed by atoms with van der Waals surface area (Å²) in [5, 5.41) is -0.656. The molecule has 0 saturated carbocycles. The van der Waals surface area contributed by atoms with Crippen LogP contribution < -0.4 is 5.73 Å². The largest absolute Gasteiger partial charge is 0.360 e. The maximum atomic E-state index is 14.7. The van der Waals surface area contributed by atoms with Gasteiger partial charge in [0.15, 0.2) is 0 Å². The van der Waals surface area contributed by atoms with Crippen LogP contribution in [0, 0.1) is 11.6 Å². The Hall–Kier alpha value is -2.66. The lowest BCUT2D eigenvalue weighted by Gasteiger charge is -2.34. The summed E-state index contributed by atoms with van der Waals surface area (Å²) in [4.78, 5) is 11.9. The van der Waals surface area contributed by atoms with Crippen LogP contribution in [-0.4, -0.2) is 5.24 Å². The molecule has 3 aromatic carbocycles. The van der Waals surface area contributed by atoms with E-state index in [1.165, 1.54) is 18.2 Å². The van der Waals surface area contributed by atoms with Crippen molar-refractivity contribution in [3.05, 3.63) is 107 Å². The second kappa shape index (κ2) is 7.07. The van der Waals surface area contributed by atoms with Crippen LogP contribution in [0.2, 0.25) is 0 Å². The number of thioether (sulfide) groups is 1. The van der Waals surface area contributed by atoms with Crippen LogP contribution in [0.4, 0.5) is 13.6 Å². The van der Waals surface area contributed by atoms with Gasteiger partial charge in [0, 0.05) is 5.56 Å². The molecule has 1 atom stereocenters. The Morgan fingerprint density at radius 2 is 1.36 bits per heavy atom. The first kappa shape index (κ1) is 17.2. The molecule has 0 aromatic heterocycles. The van der Waals surface area contributed by atoms with Crippen molar-refractivity contribution in [3.8, 4) is 0 Å². The summed E-state index contributed by atoms with van der Waals surface area (Å²) >= 11 is 0.803. The molecule has 0 saturated heterocycles. The number of rotatable bonds is 4. The second-order valence-corrected chi connectivity index (χ2v) is 6.67. The number of benzene rings is 3. The number of hydrogen-bond donors (Lipinski definition) is 1. The lowest BCUT2D eigenvalue weighted by molar-refractivity contribution is 0.267.